The molecule has 1 rings (SSSR count). The fourth-order valence-corrected chi connectivity index (χ4v) is 0.959. The van der Waals surface area contributed by atoms with E-state index in [9.17, 15) is 4.79 Å². The Kier molecular flexibility index (Phi) is 2.94. The van der Waals surface area contributed by atoms with Crippen LogP contribution in [0.5, 0.6) is 0 Å². The molecule has 0 aromatic carbocycles. The summed E-state index contributed by atoms with van der Waals surface area (Å²) in [5.41, 5.74) is 6.44. The van der Waals surface area contributed by atoms with Crippen molar-refractivity contribution in [3.05, 3.63) is 10.5 Å². The Hall–Kier alpha value is -1.01. The molecule has 0 aliphatic rings. The minimum atomic E-state index is -0.477. The largest absolute Gasteiger partial charge is 0.368 e. The van der Waals surface area contributed by atoms with Crippen LogP contribution in [0.3, 0.4) is 0 Å². The van der Waals surface area contributed by atoms with Crippen molar-refractivity contribution in [2.75, 3.05) is 6.61 Å². The molecule has 0 saturated heterocycles. The molecule has 5 nitrogen and oxygen atoms in total. The van der Waals surface area contributed by atoms with Crippen LogP contribution >= 0.6 is 11.3 Å². The molecule has 0 unspecified atom stereocenters. The van der Waals surface area contributed by atoms with Gasteiger partial charge < -0.3 is 10.5 Å². The summed E-state index contributed by atoms with van der Waals surface area (Å²) in [6, 6.07) is 0. The number of nitrogens with two attached hydrogens (primary N) is 1. The van der Waals surface area contributed by atoms with Gasteiger partial charge in [-0.15, -0.1) is 21.5 Å². The molecule has 0 aliphatic carbocycles. The lowest BCUT2D eigenvalue weighted by molar-refractivity contribution is -0.122. The topological polar surface area (TPSA) is 78.1 Å². The second kappa shape index (κ2) is 3.99. The summed E-state index contributed by atoms with van der Waals surface area (Å²) in [4.78, 5) is 10.2. The lowest BCUT2D eigenvalue weighted by Crippen LogP contribution is -2.17. The standard InChI is InChI=1S/C5H7N3O2S/c6-4(9)1-10-2-5-8-7-3-11-5/h3H,1-2H2,(H2,6,9). The van der Waals surface area contributed by atoms with Gasteiger partial charge in [-0.25, -0.2) is 0 Å². The van der Waals surface area contributed by atoms with E-state index in [1.807, 2.05) is 0 Å². The molecule has 0 fully saturated rings. The van der Waals surface area contributed by atoms with Crippen molar-refractivity contribution >= 4 is 17.2 Å². The van der Waals surface area contributed by atoms with E-state index in [0.29, 0.717) is 6.61 Å². The van der Waals surface area contributed by atoms with Crippen molar-refractivity contribution in [2.45, 2.75) is 6.61 Å². The fourth-order valence-electron chi connectivity index (χ4n) is 0.498. The smallest absolute Gasteiger partial charge is 0.243 e. The first-order chi connectivity index (χ1) is 5.29. The van der Waals surface area contributed by atoms with Gasteiger partial charge in [-0.3, -0.25) is 4.79 Å². The number of rotatable bonds is 4. The lowest BCUT2D eigenvalue weighted by Gasteiger charge is -1.95. The van der Waals surface area contributed by atoms with Crippen LogP contribution in [0.15, 0.2) is 5.51 Å². The maximum absolute atomic E-state index is 10.2. The highest BCUT2D eigenvalue weighted by Crippen LogP contribution is 2.01. The van der Waals surface area contributed by atoms with Gasteiger partial charge in [0.1, 0.15) is 23.7 Å². The first-order valence-electron chi connectivity index (χ1n) is 2.90. The monoisotopic (exact) mass is 173 g/mol. The summed E-state index contributed by atoms with van der Waals surface area (Å²) in [6.45, 7) is 0.229. The molecule has 60 valence electrons. The van der Waals surface area contributed by atoms with E-state index in [-0.39, 0.29) is 6.61 Å². The lowest BCUT2D eigenvalue weighted by atomic mass is 10.7. The number of hydrogen-bond donors (Lipinski definition) is 1. The Labute approximate surface area is 67.2 Å². The van der Waals surface area contributed by atoms with Crippen molar-refractivity contribution in [1.29, 1.82) is 0 Å². The SMILES string of the molecule is NC(=O)COCc1nncs1. The number of ether oxygens (including phenoxy) is 1. The third-order valence-electron chi connectivity index (χ3n) is 0.875. The van der Waals surface area contributed by atoms with E-state index in [4.69, 9.17) is 10.5 Å². The molecule has 0 radical (unpaired) electrons. The van der Waals surface area contributed by atoms with Gasteiger partial charge in [-0.2, -0.15) is 0 Å². The summed E-state index contributed by atoms with van der Waals surface area (Å²) in [6.07, 6.45) is 0. The maximum Gasteiger partial charge on any atom is 0.243 e. The van der Waals surface area contributed by atoms with Crippen LogP contribution in [-0.2, 0) is 16.1 Å². The number of nitrogens with zero attached hydrogens (tertiary/aromatic N) is 2. The van der Waals surface area contributed by atoms with Crippen molar-refractivity contribution in [3.8, 4) is 0 Å². The average Bonchev–Trinajstić information content (AvgIpc) is 2.39. The predicted molar refractivity (Wildman–Crippen MR) is 38.8 cm³/mol. The number of carbonyl (C=O) groups excluding carboxylic acids is 1. The predicted octanol–water partition coefficient (Wildman–Crippen LogP) is -0.460. The highest BCUT2D eigenvalue weighted by Gasteiger charge is 1.97. The van der Waals surface area contributed by atoms with Gasteiger partial charge in [0.15, 0.2) is 0 Å². The molecule has 0 spiro atoms. The zero-order valence-electron chi connectivity index (χ0n) is 5.69. The summed E-state index contributed by atoms with van der Waals surface area (Å²) in [7, 11) is 0. The molecule has 0 aliphatic heterocycles. The van der Waals surface area contributed by atoms with Crippen LogP contribution in [0.25, 0.3) is 0 Å². The normalized spacial score (nSPS) is 9.82. The third kappa shape index (κ3) is 3.06. The van der Waals surface area contributed by atoms with Gasteiger partial charge in [0.25, 0.3) is 0 Å². The van der Waals surface area contributed by atoms with E-state index in [1.165, 1.54) is 11.3 Å². The van der Waals surface area contributed by atoms with Crippen molar-refractivity contribution in [3.63, 3.8) is 0 Å². The number of aromatic nitrogens is 2. The fraction of sp³-hybridized carbons (Fsp3) is 0.400. The average molecular weight is 173 g/mol. The van der Waals surface area contributed by atoms with Crippen LogP contribution in [0.1, 0.15) is 5.01 Å². The minimum Gasteiger partial charge on any atom is -0.368 e. The molecular formula is C5H7N3O2S. The van der Waals surface area contributed by atoms with Crippen LogP contribution in [0.4, 0.5) is 0 Å². The molecule has 0 bridgehead atoms. The molecule has 11 heavy (non-hydrogen) atoms. The summed E-state index contributed by atoms with van der Waals surface area (Å²) >= 11 is 1.38. The third-order valence-corrected chi connectivity index (χ3v) is 1.55. The second-order valence-electron chi connectivity index (χ2n) is 1.79. The number of primary amides is 1. The van der Waals surface area contributed by atoms with Gasteiger partial charge in [0.05, 0.1) is 0 Å². The zero-order valence-corrected chi connectivity index (χ0v) is 6.50. The molecular weight excluding hydrogens is 166 g/mol. The highest BCUT2D eigenvalue weighted by molar-refractivity contribution is 7.09. The Morgan fingerprint density at radius 2 is 2.64 bits per heavy atom. The van der Waals surface area contributed by atoms with Crippen molar-refractivity contribution in [1.82, 2.24) is 10.2 Å². The van der Waals surface area contributed by atoms with E-state index in [0.717, 1.165) is 5.01 Å². The van der Waals surface area contributed by atoms with Crippen LogP contribution in [-0.4, -0.2) is 22.7 Å². The number of hydrogen-bond acceptors (Lipinski definition) is 5. The van der Waals surface area contributed by atoms with Gasteiger partial charge in [0.2, 0.25) is 5.91 Å². The molecule has 1 amide bonds. The molecule has 0 saturated carbocycles. The summed E-state index contributed by atoms with van der Waals surface area (Å²) < 4.78 is 4.87. The summed E-state index contributed by atoms with van der Waals surface area (Å²) in [5, 5.41) is 8.04. The molecule has 1 aromatic heterocycles. The van der Waals surface area contributed by atoms with Crippen LogP contribution in [0.2, 0.25) is 0 Å². The Morgan fingerprint density at radius 1 is 1.82 bits per heavy atom. The van der Waals surface area contributed by atoms with Gasteiger partial charge in [-0.1, -0.05) is 0 Å². The molecule has 6 heteroatoms. The second-order valence-corrected chi connectivity index (χ2v) is 2.71. The first-order valence-corrected chi connectivity index (χ1v) is 3.78. The van der Waals surface area contributed by atoms with Crippen molar-refractivity contribution < 1.29 is 9.53 Å². The first kappa shape index (κ1) is 8.09. The van der Waals surface area contributed by atoms with E-state index in [1.54, 1.807) is 5.51 Å². The number of amides is 1. The number of carbonyl (C=O) groups is 1. The molecule has 2 N–H and O–H groups in total. The Balaban J connectivity index is 2.19. The Bertz CT molecular complexity index is 224. The molecule has 1 aromatic rings. The maximum atomic E-state index is 10.2. The zero-order chi connectivity index (χ0) is 8.10. The molecule has 0 atom stereocenters. The van der Waals surface area contributed by atoms with Gasteiger partial charge >= 0.3 is 0 Å². The quantitative estimate of drug-likeness (QED) is 0.668. The Morgan fingerprint density at radius 3 is 3.18 bits per heavy atom. The van der Waals surface area contributed by atoms with Crippen LogP contribution in [0, 0.1) is 0 Å². The van der Waals surface area contributed by atoms with Gasteiger partial charge in [0, 0.05) is 0 Å². The van der Waals surface area contributed by atoms with E-state index in [2.05, 4.69) is 10.2 Å². The minimum absolute atomic E-state index is 0.0699. The van der Waals surface area contributed by atoms with Crippen LogP contribution < -0.4 is 5.73 Å². The van der Waals surface area contributed by atoms with Crippen molar-refractivity contribution in [2.24, 2.45) is 5.73 Å². The summed E-state index contributed by atoms with van der Waals surface area (Å²) in [5.74, 6) is -0.477. The van der Waals surface area contributed by atoms with E-state index < -0.39 is 5.91 Å². The highest BCUT2D eigenvalue weighted by atomic mass is 32.1. The van der Waals surface area contributed by atoms with E-state index >= 15 is 0 Å². The van der Waals surface area contributed by atoms with Gasteiger partial charge in [-0.05, 0) is 0 Å². The molecule has 1 heterocycles.